The molecular weight excluding hydrogens is 263 g/mol. The molecule has 0 heterocycles. The summed E-state index contributed by atoms with van der Waals surface area (Å²) in [5.74, 6) is -0.377. The van der Waals surface area contributed by atoms with Crippen molar-refractivity contribution in [2.75, 3.05) is 13.6 Å². The highest BCUT2D eigenvalue weighted by molar-refractivity contribution is 9.10. The van der Waals surface area contributed by atoms with E-state index in [0.717, 1.165) is 10.0 Å². The van der Waals surface area contributed by atoms with Crippen LogP contribution in [0.25, 0.3) is 0 Å². The van der Waals surface area contributed by atoms with E-state index in [4.69, 9.17) is 0 Å². The second kappa shape index (κ2) is 5.82. The second-order valence-corrected chi connectivity index (χ2v) is 3.87. The Hall–Kier alpha value is -0.940. The van der Waals surface area contributed by atoms with Crippen LogP contribution in [0.2, 0.25) is 0 Å². The Morgan fingerprint density at radius 3 is 2.93 bits per heavy atom. The van der Waals surface area contributed by atoms with Gasteiger partial charge in [-0.2, -0.15) is 0 Å². The molecule has 0 saturated heterocycles. The summed E-state index contributed by atoms with van der Waals surface area (Å²) < 4.78 is 13.7. The Balaban J connectivity index is 2.50. The number of carbonyl (C=O) groups is 1. The first-order valence-corrected chi connectivity index (χ1v) is 5.28. The van der Waals surface area contributed by atoms with Crippen LogP contribution in [0.4, 0.5) is 4.39 Å². The van der Waals surface area contributed by atoms with E-state index in [1.807, 2.05) is 0 Å². The van der Waals surface area contributed by atoms with Gasteiger partial charge < -0.3 is 10.6 Å². The second-order valence-electron chi connectivity index (χ2n) is 3.01. The van der Waals surface area contributed by atoms with E-state index < -0.39 is 0 Å². The third-order valence-corrected chi connectivity index (χ3v) is 2.66. The van der Waals surface area contributed by atoms with E-state index in [0.29, 0.717) is 6.54 Å². The summed E-state index contributed by atoms with van der Waals surface area (Å²) in [6.45, 7) is 0.672. The van der Waals surface area contributed by atoms with Crippen molar-refractivity contribution in [2.24, 2.45) is 0 Å². The summed E-state index contributed by atoms with van der Waals surface area (Å²) in [5.41, 5.74) is 0.791. The van der Waals surface area contributed by atoms with Crippen molar-refractivity contribution in [1.82, 2.24) is 10.6 Å². The molecule has 5 heteroatoms. The van der Waals surface area contributed by atoms with Gasteiger partial charge in [0.1, 0.15) is 5.82 Å². The number of amides is 1. The van der Waals surface area contributed by atoms with Crippen LogP contribution >= 0.6 is 15.9 Å². The molecule has 0 unspecified atom stereocenters. The van der Waals surface area contributed by atoms with Crippen molar-refractivity contribution < 1.29 is 9.18 Å². The van der Waals surface area contributed by atoms with Crippen LogP contribution in [0, 0.1) is 5.82 Å². The maximum atomic E-state index is 12.9. The lowest BCUT2D eigenvalue weighted by Crippen LogP contribution is -2.31. The van der Waals surface area contributed by atoms with Crippen LogP contribution in [-0.2, 0) is 11.3 Å². The molecule has 0 aromatic heterocycles. The van der Waals surface area contributed by atoms with Crippen molar-refractivity contribution in [3.05, 3.63) is 34.1 Å². The first-order valence-electron chi connectivity index (χ1n) is 4.48. The number of halogens is 2. The number of carbonyl (C=O) groups excluding carboxylic acids is 1. The first-order chi connectivity index (χ1) is 7.13. The molecule has 0 atom stereocenters. The smallest absolute Gasteiger partial charge is 0.233 e. The summed E-state index contributed by atoms with van der Waals surface area (Å²) in [5, 5.41) is 5.40. The SMILES string of the molecule is CNC(=O)CNCc1cc(F)ccc1Br. The number of likely N-dealkylation sites (N-methyl/N-ethyl adjacent to an activating group) is 1. The fraction of sp³-hybridized carbons (Fsp3) is 0.300. The Bertz CT molecular complexity index is 357. The normalized spacial score (nSPS) is 10.1. The fourth-order valence-electron chi connectivity index (χ4n) is 1.08. The van der Waals surface area contributed by atoms with Gasteiger partial charge >= 0.3 is 0 Å². The Morgan fingerprint density at radius 2 is 2.27 bits per heavy atom. The molecule has 0 spiro atoms. The van der Waals surface area contributed by atoms with E-state index in [9.17, 15) is 9.18 Å². The van der Waals surface area contributed by atoms with Gasteiger partial charge in [0.15, 0.2) is 0 Å². The van der Waals surface area contributed by atoms with Crippen molar-refractivity contribution >= 4 is 21.8 Å². The van der Waals surface area contributed by atoms with Gasteiger partial charge in [0.05, 0.1) is 6.54 Å². The highest BCUT2D eigenvalue weighted by Gasteiger charge is 2.02. The molecule has 15 heavy (non-hydrogen) atoms. The molecule has 1 rings (SSSR count). The van der Waals surface area contributed by atoms with Gasteiger partial charge in [0.25, 0.3) is 0 Å². The number of hydrogen-bond acceptors (Lipinski definition) is 2. The van der Waals surface area contributed by atoms with Gasteiger partial charge in [-0.3, -0.25) is 4.79 Å². The van der Waals surface area contributed by atoms with Gasteiger partial charge in [-0.1, -0.05) is 15.9 Å². The largest absolute Gasteiger partial charge is 0.358 e. The monoisotopic (exact) mass is 274 g/mol. The fourth-order valence-corrected chi connectivity index (χ4v) is 1.46. The molecule has 0 bridgehead atoms. The third-order valence-electron chi connectivity index (χ3n) is 1.89. The predicted molar refractivity (Wildman–Crippen MR) is 59.9 cm³/mol. The first kappa shape index (κ1) is 12.1. The van der Waals surface area contributed by atoms with E-state index in [-0.39, 0.29) is 18.3 Å². The topological polar surface area (TPSA) is 41.1 Å². The zero-order chi connectivity index (χ0) is 11.3. The standard InChI is InChI=1S/C10H12BrFN2O/c1-13-10(15)6-14-5-7-4-8(12)2-3-9(7)11/h2-4,14H,5-6H2,1H3,(H,13,15). The lowest BCUT2D eigenvalue weighted by atomic mass is 10.2. The van der Waals surface area contributed by atoms with Gasteiger partial charge in [0, 0.05) is 18.1 Å². The Labute approximate surface area is 96.2 Å². The molecule has 0 aliphatic carbocycles. The van der Waals surface area contributed by atoms with E-state index in [1.54, 1.807) is 13.1 Å². The summed E-state index contributed by atoms with van der Waals surface area (Å²) in [6.07, 6.45) is 0. The minimum atomic E-state index is -0.282. The van der Waals surface area contributed by atoms with Gasteiger partial charge in [0.2, 0.25) is 5.91 Å². The highest BCUT2D eigenvalue weighted by Crippen LogP contribution is 2.17. The van der Waals surface area contributed by atoms with E-state index >= 15 is 0 Å². The number of nitrogens with one attached hydrogen (secondary N) is 2. The minimum absolute atomic E-state index is 0.0949. The Kier molecular flexibility index (Phi) is 4.71. The maximum Gasteiger partial charge on any atom is 0.233 e. The zero-order valence-electron chi connectivity index (χ0n) is 8.31. The third kappa shape index (κ3) is 3.97. The number of hydrogen-bond donors (Lipinski definition) is 2. The van der Waals surface area contributed by atoms with E-state index in [1.165, 1.54) is 12.1 Å². The molecular formula is C10H12BrFN2O. The van der Waals surface area contributed by atoms with Crippen LogP contribution in [0.1, 0.15) is 5.56 Å². The molecule has 1 aromatic rings. The molecule has 3 nitrogen and oxygen atoms in total. The summed E-state index contributed by atoms with van der Waals surface area (Å²) >= 11 is 3.31. The van der Waals surface area contributed by atoms with Gasteiger partial charge in [-0.25, -0.2) is 4.39 Å². The molecule has 2 N–H and O–H groups in total. The number of rotatable bonds is 4. The van der Waals surface area contributed by atoms with Crippen molar-refractivity contribution in [1.29, 1.82) is 0 Å². The van der Waals surface area contributed by atoms with Crippen LogP contribution in [-0.4, -0.2) is 19.5 Å². The molecule has 0 fully saturated rings. The van der Waals surface area contributed by atoms with Crippen molar-refractivity contribution in [2.45, 2.75) is 6.54 Å². The van der Waals surface area contributed by atoms with Crippen LogP contribution in [0.3, 0.4) is 0 Å². The molecule has 1 aromatic carbocycles. The zero-order valence-corrected chi connectivity index (χ0v) is 9.90. The average Bonchev–Trinajstić information content (AvgIpc) is 2.23. The van der Waals surface area contributed by atoms with Crippen LogP contribution in [0.15, 0.2) is 22.7 Å². The highest BCUT2D eigenvalue weighted by atomic mass is 79.9. The Morgan fingerprint density at radius 1 is 1.53 bits per heavy atom. The van der Waals surface area contributed by atoms with Gasteiger partial charge in [-0.05, 0) is 23.8 Å². The molecule has 0 saturated carbocycles. The maximum absolute atomic E-state index is 12.9. The van der Waals surface area contributed by atoms with Crippen LogP contribution in [0.5, 0.6) is 0 Å². The summed E-state index contributed by atoms with van der Waals surface area (Å²) in [4.78, 5) is 10.9. The lowest BCUT2D eigenvalue weighted by molar-refractivity contribution is -0.119. The molecule has 0 aliphatic rings. The molecule has 1 amide bonds. The minimum Gasteiger partial charge on any atom is -0.358 e. The summed E-state index contributed by atoms with van der Waals surface area (Å²) in [6, 6.07) is 4.46. The average molecular weight is 275 g/mol. The van der Waals surface area contributed by atoms with Crippen LogP contribution < -0.4 is 10.6 Å². The molecule has 0 aliphatic heterocycles. The summed E-state index contributed by atoms with van der Waals surface area (Å²) in [7, 11) is 1.57. The van der Waals surface area contributed by atoms with Gasteiger partial charge in [-0.15, -0.1) is 0 Å². The lowest BCUT2D eigenvalue weighted by Gasteiger charge is -2.06. The van der Waals surface area contributed by atoms with E-state index in [2.05, 4.69) is 26.6 Å². The van der Waals surface area contributed by atoms with Crippen molar-refractivity contribution in [3.63, 3.8) is 0 Å². The number of benzene rings is 1. The molecule has 82 valence electrons. The molecule has 0 radical (unpaired) electrons. The predicted octanol–water partition coefficient (Wildman–Crippen LogP) is 1.42. The quantitative estimate of drug-likeness (QED) is 0.872. The van der Waals surface area contributed by atoms with Crippen molar-refractivity contribution in [3.8, 4) is 0 Å².